The van der Waals surface area contributed by atoms with Crippen molar-refractivity contribution in [1.29, 1.82) is 0 Å². The maximum atomic E-state index is 12.7. The van der Waals surface area contributed by atoms with Gasteiger partial charge in [-0.3, -0.25) is 0 Å². The SMILES string of the molecule is CCOC(=O)C1(Cc2ccccc2)CC(CC(C)CNC(=O)OC(C)(C)C)=NO1. The lowest BCUT2D eigenvalue weighted by atomic mass is 9.87. The van der Waals surface area contributed by atoms with Gasteiger partial charge in [-0.1, -0.05) is 42.4 Å². The highest BCUT2D eigenvalue weighted by Gasteiger charge is 2.48. The summed E-state index contributed by atoms with van der Waals surface area (Å²) < 4.78 is 10.5. The summed E-state index contributed by atoms with van der Waals surface area (Å²) in [6, 6.07) is 9.69. The third-order valence-corrected chi connectivity index (χ3v) is 4.40. The van der Waals surface area contributed by atoms with Crippen molar-refractivity contribution < 1.29 is 23.9 Å². The zero-order valence-corrected chi connectivity index (χ0v) is 18.0. The molecule has 0 bridgehead atoms. The van der Waals surface area contributed by atoms with Gasteiger partial charge in [0.15, 0.2) is 0 Å². The molecule has 1 amide bonds. The number of hydrogen-bond acceptors (Lipinski definition) is 6. The van der Waals surface area contributed by atoms with Crippen LogP contribution in [0.5, 0.6) is 0 Å². The zero-order chi connectivity index (χ0) is 21.5. The highest BCUT2D eigenvalue weighted by Crippen LogP contribution is 2.31. The van der Waals surface area contributed by atoms with Crippen molar-refractivity contribution in [2.75, 3.05) is 13.2 Å². The maximum absolute atomic E-state index is 12.7. The van der Waals surface area contributed by atoms with Crippen molar-refractivity contribution in [1.82, 2.24) is 5.32 Å². The van der Waals surface area contributed by atoms with Gasteiger partial charge in [0.25, 0.3) is 0 Å². The summed E-state index contributed by atoms with van der Waals surface area (Å²) >= 11 is 0. The number of oxime groups is 1. The van der Waals surface area contributed by atoms with Crippen molar-refractivity contribution in [2.45, 2.75) is 65.1 Å². The molecule has 0 aliphatic carbocycles. The van der Waals surface area contributed by atoms with Gasteiger partial charge < -0.3 is 19.6 Å². The third-order valence-electron chi connectivity index (χ3n) is 4.40. The van der Waals surface area contributed by atoms with E-state index >= 15 is 0 Å². The zero-order valence-electron chi connectivity index (χ0n) is 18.0. The first kappa shape index (κ1) is 22.7. The van der Waals surface area contributed by atoms with Gasteiger partial charge in [0.05, 0.1) is 12.3 Å². The summed E-state index contributed by atoms with van der Waals surface area (Å²) in [6.45, 7) is 9.97. The summed E-state index contributed by atoms with van der Waals surface area (Å²) in [4.78, 5) is 30.1. The van der Waals surface area contributed by atoms with Gasteiger partial charge in [-0.05, 0) is 45.6 Å². The molecule has 1 heterocycles. The Hall–Kier alpha value is -2.57. The summed E-state index contributed by atoms with van der Waals surface area (Å²) in [5.74, 6) is -0.290. The van der Waals surface area contributed by atoms with Gasteiger partial charge in [-0.25, -0.2) is 9.59 Å². The molecule has 1 aromatic carbocycles. The number of hydrogen-bond donors (Lipinski definition) is 1. The Morgan fingerprint density at radius 2 is 1.97 bits per heavy atom. The average Bonchev–Trinajstić information content (AvgIpc) is 3.03. The molecule has 7 nitrogen and oxygen atoms in total. The molecule has 160 valence electrons. The number of nitrogens with one attached hydrogen (secondary N) is 1. The summed E-state index contributed by atoms with van der Waals surface area (Å²) in [6.07, 6.45) is 0.923. The average molecular weight is 405 g/mol. The van der Waals surface area contributed by atoms with Crippen molar-refractivity contribution in [3.05, 3.63) is 35.9 Å². The van der Waals surface area contributed by atoms with E-state index in [4.69, 9.17) is 14.3 Å². The van der Waals surface area contributed by atoms with Crippen LogP contribution in [0, 0.1) is 5.92 Å². The van der Waals surface area contributed by atoms with Gasteiger partial charge in [-0.2, -0.15) is 0 Å². The van der Waals surface area contributed by atoms with Crippen LogP contribution in [-0.2, 0) is 25.5 Å². The molecular formula is C22H32N2O5. The van der Waals surface area contributed by atoms with Crippen LogP contribution in [0.1, 0.15) is 53.0 Å². The van der Waals surface area contributed by atoms with Crippen molar-refractivity contribution >= 4 is 17.8 Å². The first-order valence-electron chi connectivity index (χ1n) is 10.1. The molecule has 2 rings (SSSR count). The Bertz CT molecular complexity index is 726. The van der Waals surface area contributed by atoms with E-state index in [1.807, 2.05) is 58.0 Å². The van der Waals surface area contributed by atoms with Crippen LogP contribution >= 0.6 is 0 Å². The number of nitrogens with zero attached hydrogens (tertiary/aromatic N) is 1. The highest BCUT2D eigenvalue weighted by molar-refractivity contribution is 5.94. The second kappa shape index (κ2) is 9.76. The first-order valence-corrected chi connectivity index (χ1v) is 10.1. The van der Waals surface area contributed by atoms with Crippen LogP contribution < -0.4 is 5.32 Å². The predicted molar refractivity (Wildman–Crippen MR) is 111 cm³/mol. The molecule has 0 radical (unpaired) electrons. The Balaban J connectivity index is 1.94. The number of benzene rings is 1. The molecule has 0 fully saturated rings. The number of carbonyl (C=O) groups excluding carboxylic acids is 2. The van der Waals surface area contributed by atoms with E-state index in [2.05, 4.69) is 10.5 Å². The molecule has 0 spiro atoms. The Kier molecular flexibility index (Phi) is 7.65. The molecule has 0 aromatic heterocycles. The largest absolute Gasteiger partial charge is 0.463 e. The molecule has 1 aliphatic rings. The number of amides is 1. The van der Waals surface area contributed by atoms with Gasteiger partial charge in [0.2, 0.25) is 5.60 Å². The van der Waals surface area contributed by atoms with Crippen LogP contribution in [0.3, 0.4) is 0 Å². The fourth-order valence-corrected chi connectivity index (χ4v) is 3.17. The quantitative estimate of drug-likeness (QED) is 0.665. The van der Waals surface area contributed by atoms with Crippen molar-refractivity contribution in [3.63, 3.8) is 0 Å². The van der Waals surface area contributed by atoms with E-state index in [-0.39, 0.29) is 12.5 Å². The van der Waals surface area contributed by atoms with Gasteiger partial charge in [0, 0.05) is 19.4 Å². The summed E-state index contributed by atoms with van der Waals surface area (Å²) in [7, 11) is 0. The molecule has 1 N–H and O–H groups in total. The number of carbonyl (C=O) groups is 2. The van der Waals surface area contributed by atoms with E-state index in [1.54, 1.807) is 6.92 Å². The van der Waals surface area contributed by atoms with Crippen LogP contribution in [0.25, 0.3) is 0 Å². The van der Waals surface area contributed by atoms with Gasteiger partial charge >= 0.3 is 12.1 Å². The lowest BCUT2D eigenvalue weighted by Crippen LogP contribution is -2.43. The smallest absolute Gasteiger partial charge is 0.407 e. The first-order chi connectivity index (χ1) is 13.6. The summed E-state index contributed by atoms with van der Waals surface area (Å²) in [5.41, 5.74) is 0.0994. The molecule has 0 saturated heterocycles. The fourth-order valence-electron chi connectivity index (χ4n) is 3.17. The van der Waals surface area contributed by atoms with E-state index in [0.29, 0.717) is 25.8 Å². The minimum absolute atomic E-state index is 0.111. The van der Waals surface area contributed by atoms with E-state index in [1.165, 1.54) is 0 Å². The number of alkyl carbamates (subject to hydrolysis) is 1. The second-order valence-electron chi connectivity index (χ2n) is 8.49. The number of esters is 1. The predicted octanol–water partition coefficient (Wildman–Crippen LogP) is 3.86. The standard InChI is InChI=1S/C22H32N2O5/c1-6-27-19(25)22(13-17-10-8-7-9-11-17)14-18(24-29-22)12-16(2)15-23-20(26)28-21(3,4)5/h7-11,16H,6,12-15H2,1-5H3,(H,23,26). The molecule has 0 saturated carbocycles. The molecule has 1 aliphatic heterocycles. The van der Waals surface area contributed by atoms with E-state index in [9.17, 15) is 9.59 Å². The number of ether oxygens (including phenoxy) is 2. The van der Waals surface area contributed by atoms with Crippen molar-refractivity contribution in [3.8, 4) is 0 Å². The third kappa shape index (κ3) is 7.07. The number of rotatable bonds is 8. The second-order valence-corrected chi connectivity index (χ2v) is 8.49. The normalized spacial score (nSPS) is 19.7. The van der Waals surface area contributed by atoms with Crippen molar-refractivity contribution in [2.24, 2.45) is 11.1 Å². The van der Waals surface area contributed by atoms with Gasteiger partial charge in [0.1, 0.15) is 5.60 Å². The van der Waals surface area contributed by atoms with E-state index in [0.717, 1.165) is 11.3 Å². The maximum Gasteiger partial charge on any atom is 0.407 e. The van der Waals surface area contributed by atoms with Gasteiger partial charge in [-0.15, -0.1) is 0 Å². The molecule has 1 aromatic rings. The van der Waals surface area contributed by atoms with Crippen LogP contribution in [0.2, 0.25) is 0 Å². The van der Waals surface area contributed by atoms with Crippen LogP contribution in [-0.4, -0.2) is 42.1 Å². The minimum atomic E-state index is -1.13. The molecule has 2 unspecified atom stereocenters. The molecule has 29 heavy (non-hydrogen) atoms. The molecule has 7 heteroatoms. The Labute approximate surface area is 172 Å². The topological polar surface area (TPSA) is 86.2 Å². The fraction of sp³-hybridized carbons (Fsp3) is 0.591. The molecule has 2 atom stereocenters. The Morgan fingerprint density at radius 1 is 1.28 bits per heavy atom. The molecular weight excluding hydrogens is 372 g/mol. The highest BCUT2D eigenvalue weighted by atomic mass is 16.7. The van der Waals surface area contributed by atoms with Crippen LogP contribution in [0.4, 0.5) is 4.79 Å². The lowest BCUT2D eigenvalue weighted by Gasteiger charge is -2.24. The minimum Gasteiger partial charge on any atom is -0.463 e. The van der Waals surface area contributed by atoms with Crippen LogP contribution in [0.15, 0.2) is 35.5 Å². The monoisotopic (exact) mass is 404 g/mol. The Morgan fingerprint density at radius 3 is 2.59 bits per heavy atom. The summed E-state index contributed by atoms with van der Waals surface area (Å²) in [5, 5.41) is 6.96. The van der Waals surface area contributed by atoms with E-state index < -0.39 is 23.3 Å². The lowest BCUT2D eigenvalue weighted by molar-refractivity contribution is -0.168.